The highest BCUT2D eigenvalue weighted by Crippen LogP contribution is 2.10. The molecule has 3 N–H and O–H groups in total. The number of guanidine groups is 1. The summed E-state index contributed by atoms with van der Waals surface area (Å²) in [5.41, 5.74) is 6.91. The largest absolute Gasteiger partial charge is 0.370 e. The minimum absolute atomic E-state index is 0.350. The number of pyridine rings is 1. The van der Waals surface area contributed by atoms with E-state index in [-0.39, 0.29) is 0 Å². The Hall–Kier alpha value is -1.78. The molecular weight excluding hydrogens is 226 g/mol. The highest BCUT2D eigenvalue weighted by Gasteiger charge is 2.01. The van der Waals surface area contributed by atoms with Crippen molar-refractivity contribution < 1.29 is 0 Å². The van der Waals surface area contributed by atoms with Crippen LogP contribution in [0.1, 0.15) is 25.8 Å². The number of nitrogens with two attached hydrogens (primary N) is 1. The van der Waals surface area contributed by atoms with Gasteiger partial charge >= 0.3 is 0 Å². The van der Waals surface area contributed by atoms with Gasteiger partial charge in [0.25, 0.3) is 0 Å². The van der Waals surface area contributed by atoms with E-state index in [9.17, 15) is 0 Å². The zero-order chi connectivity index (χ0) is 13.5. The Morgan fingerprint density at radius 3 is 2.89 bits per heavy atom. The molecular formula is C13H23N5. The van der Waals surface area contributed by atoms with E-state index in [0.29, 0.717) is 18.5 Å². The third kappa shape index (κ3) is 4.61. The number of rotatable bonds is 5. The van der Waals surface area contributed by atoms with Crippen molar-refractivity contribution in [3.05, 3.63) is 23.9 Å². The fraction of sp³-hybridized carbons (Fsp3) is 0.538. The van der Waals surface area contributed by atoms with E-state index in [1.54, 1.807) is 6.20 Å². The molecule has 1 aromatic heterocycles. The van der Waals surface area contributed by atoms with Crippen LogP contribution < -0.4 is 16.0 Å². The first-order chi connectivity index (χ1) is 8.52. The summed E-state index contributed by atoms with van der Waals surface area (Å²) in [5.74, 6) is 1.42. The summed E-state index contributed by atoms with van der Waals surface area (Å²) in [6, 6.07) is 4.32. The SMILES string of the molecule is CCC(C)NC(N)=NCc1ccnc(N(C)C)c1. The van der Waals surface area contributed by atoms with Gasteiger partial charge in [0.1, 0.15) is 5.82 Å². The van der Waals surface area contributed by atoms with E-state index < -0.39 is 0 Å². The molecule has 1 heterocycles. The lowest BCUT2D eigenvalue weighted by Gasteiger charge is -2.13. The van der Waals surface area contributed by atoms with Crippen molar-refractivity contribution in [2.24, 2.45) is 10.7 Å². The maximum Gasteiger partial charge on any atom is 0.189 e. The summed E-state index contributed by atoms with van der Waals surface area (Å²) in [7, 11) is 3.93. The minimum atomic E-state index is 0.350. The van der Waals surface area contributed by atoms with Crippen molar-refractivity contribution in [3.63, 3.8) is 0 Å². The average molecular weight is 249 g/mol. The molecule has 1 aromatic rings. The van der Waals surface area contributed by atoms with Crippen LogP contribution in [0.5, 0.6) is 0 Å². The van der Waals surface area contributed by atoms with E-state index in [1.807, 2.05) is 31.1 Å². The summed E-state index contributed by atoms with van der Waals surface area (Å²) in [6.07, 6.45) is 2.81. The highest BCUT2D eigenvalue weighted by atomic mass is 15.1. The fourth-order valence-electron chi connectivity index (χ4n) is 1.38. The molecule has 0 aliphatic rings. The predicted molar refractivity (Wildman–Crippen MR) is 76.8 cm³/mol. The number of hydrogen-bond donors (Lipinski definition) is 2. The topological polar surface area (TPSA) is 66.5 Å². The molecule has 100 valence electrons. The van der Waals surface area contributed by atoms with Gasteiger partial charge in [0.2, 0.25) is 0 Å². The van der Waals surface area contributed by atoms with Crippen molar-refractivity contribution in [2.45, 2.75) is 32.9 Å². The molecule has 0 fully saturated rings. The molecule has 0 radical (unpaired) electrons. The second kappa shape index (κ2) is 6.83. The van der Waals surface area contributed by atoms with Crippen molar-refractivity contribution in [2.75, 3.05) is 19.0 Å². The molecule has 0 saturated heterocycles. The number of hydrogen-bond acceptors (Lipinski definition) is 3. The molecule has 1 rings (SSSR count). The van der Waals surface area contributed by atoms with E-state index >= 15 is 0 Å². The third-order valence-electron chi connectivity index (χ3n) is 2.71. The molecule has 0 bridgehead atoms. The van der Waals surface area contributed by atoms with Crippen LogP contribution in [0.3, 0.4) is 0 Å². The van der Waals surface area contributed by atoms with Gasteiger partial charge < -0.3 is 16.0 Å². The van der Waals surface area contributed by atoms with Crippen LogP contribution in [0.25, 0.3) is 0 Å². The number of aromatic nitrogens is 1. The zero-order valence-corrected chi connectivity index (χ0v) is 11.6. The van der Waals surface area contributed by atoms with Crippen molar-refractivity contribution in [1.29, 1.82) is 0 Å². The van der Waals surface area contributed by atoms with Gasteiger partial charge in [-0.1, -0.05) is 6.92 Å². The van der Waals surface area contributed by atoms with Crippen LogP contribution in [-0.4, -0.2) is 31.1 Å². The monoisotopic (exact) mass is 249 g/mol. The molecule has 0 saturated carbocycles. The lowest BCUT2D eigenvalue weighted by molar-refractivity contribution is 0.636. The Balaban J connectivity index is 2.62. The van der Waals surface area contributed by atoms with Crippen molar-refractivity contribution in [1.82, 2.24) is 10.3 Å². The molecule has 0 amide bonds. The van der Waals surface area contributed by atoms with Gasteiger partial charge in [0.05, 0.1) is 6.54 Å². The van der Waals surface area contributed by atoms with Crippen LogP contribution in [0.4, 0.5) is 5.82 Å². The summed E-state index contributed by atoms with van der Waals surface area (Å²) in [6.45, 7) is 4.76. The Morgan fingerprint density at radius 1 is 1.56 bits per heavy atom. The maximum absolute atomic E-state index is 5.81. The summed E-state index contributed by atoms with van der Waals surface area (Å²) in [5, 5.41) is 3.14. The standard InChI is InChI=1S/C13H23N5/c1-5-10(2)17-13(14)16-9-11-6-7-15-12(8-11)18(3)4/h6-8,10H,5,9H2,1-4H3,(H3,14,16,17). The predicted octanol–water partition coefficient (Wildman–Crippen LogP) is 1.35. The second-order valence-electron chi connectivity index (χ2n) is 4.57. The summed E-state index contributed by atoms with van der Waals surface area (Å²) >= 11 is 0. The van der Waals surface area contributed by atoms with Gasteiger partial charge in [0, 0.05) is 26.3 Å². The summed E-state index contributed by atoms with van der Waals surface area (Å²) in [4.78, 5) is 10.5. The van der Waals surface area contributed by atoms with Gasteiger partial charge in [-0.15, -0.1) is 0 Å². The van der Waals surface area contributed by atoms with E-state index in [0.717, 1.165) is 17.8 Å². The van der Waals surface area contributed by atoms with Crippen LogP contribution >= 0.6 is 0 Å². The lowest BCUT2D eigenvalue weighted by atomic mass is 10.2. The number of nitrogens with one attached hydrogen (secondary N) is 1. The smallest absolute Gasteiger partial charge is 0.189 e. The third-order valence-corrected chi connectivity index (χ3v) is 2.71. The zero-order valence-electron chi connectivity index (χ0n) is 11.6. The molecule has 1 atom stereocenters. The van der Waals surface area contributed by atoms with Gasteiger partial charge in [-0.3, -0.25) is 0 Å². The van der Waals surface area contributed by atoms with Crippen molar-refractivity contribution >= 4 is 11.8 Å². The number of aliphatic imine (C=N–C) groups is 1. The molecule has 0 aliphatic heterocycles. The first kappa shape index (κ1) is 14.3. The molecule has 1 unspecified atom stereocenters. The number of nitrogens with zero attached hydrogens (tertiary/aromatic N) is 3. The van der Waals surface area contributed by atoms with Crippen LogP contribution in [0, 0.1) is 0 Å². The maximum atomic E-state index is 5.81. The first-order valence-electron chi connectivity index (χ1n) is 6.21. The molecule has 18 heavy (non-hydrogen) atoms. The number of anilines is 1. The van der Waals surface area contributed by atoms with E-state index in [1.165, 1.54) is 0 Å². The molecule has 0 aromatic carbocycles. The lowest BCUT2D eigenvalue weighted by Crippen LogP contribution is -2.38. The quantitative estimate of drug-likeness (QED) is 0.610. The average Bonchev–Trinajstić information content (AvgIpc) is 2.36. The van der Waals surface area contributed by atoms with Crippen molar-refractivity contribution in [3.8, 4) is 0 Å². The van der Waals surface area contributed by atoms with Crippen LogP contribution in [0.15, 0.2) is 23.3 Å². The Kier molecular flexibility index (Phi) is 5.42. The molecule has 0 aliphatic carbocycles. The van der Waals surface area contributed by atoms with E-state index in [4.69, 9.17) is 5.73 Å². The minimum Gasteiger partial charge on any atom is -0.370 e. The highest BCUT2D eigenvalue weighted by molar-refractivity contribution is 5.78. The van der Waals surface area contributed by atoms with Gasteiger partial charge in [-0.2, -0.15) is 0 Å². The van der Waals surface area contributed by atoms with Gasteiger partial charge in [-0.05, 0) is 31.0 Å². The molecule has 0 spiro atoms. The van der Waals surface area contributed by atoms with Crippen LogP contribution in [0.2, 0.25) is 0 Å². The van der Waals surface area contributed by atoms with E-state index in [2.05, 4.69) is 29.1 Å². The molecule has 5 heteroatoms. The first-order valence-corrected chi connectivity index (χ1v) is 6.21. The van der Waals surface area contributed by atoms with Gasteiger partial charge in [0.15, 0.2) is 5.96 Å². The van der Waals surface area contributed by atoms with Gasteiger partial charge in [-0.25, -0.2) is 9.98 Å². The summed E-state index contributed by atoms with van der Waals surface area (Å²) < 4.78 is 0. The fourth-order valence-corrected chi connectivity index (χ4v) is 1.38. The Morgan fingerprint density at radius 2 is 2.28 bits per heavy atom. The second-order valence-corrected chi connectivity index (χ2v) is 4.57. The van der Waals surface area contributed by atoms with Crippen LogP contribution in [-0.2, 0) is 6.54 Å². The Labute approximate surface area is 109 Å². The Bertz CT molecular complexity index is 400. The molecule has 5 nitrogen and oxygen atoms in total. The normalized spacial score (nSPS) is 13.2.